The van der Waals surface area contributed by atoms with E-state index in [-0.39, 0.29) is 0 Å². The predicted molar refractivity (Wildman–Crippen MR) is 59.9 cm³/mol. The van der Waals surface area contributed by atoms with Crippen LogP contribution in [0.25, 0.3) is 0 Å². The van der Waals surface area contributed by atoms with E-state index in [1.54, 1.807) is 7.05 Å². The Bertz CT molecular complexity index is 393. The van der Waals surface area contributed by atoms with Crippen molar-refractivity contribution < 1.29 is 4.74 Å². The van der Waals surface area contributed by atoms with E-state index in [4.69, 9.17) is 11.2 Å². The fourth-order valence-corrected chi connectivity index (χ4v) is 1.06. The van der Waals surface area contributed by atoms with Gasteiger partial charge >= 0.3 is 0 Å². The number of hydrogen-bond acceptors (Lipinski definition) is 4. The van der Waals surface area contributed by atoms with Crippen molar-refractivity contribution in [3.8, 4) is 18.2 Å². The first-order chi connectivity index (χ1) is 7.00. The molecule has 1 rings (SSSR count). The number of anilines is 1. The summed E-state index contributed by atoms with van der Waals surface area (Å²) in [5.74, 6) is 3.81. The van der Waals surface area contributed by atoms with E-state index >= 15 is 0 Å². The monoisotopic (exact) mass is 205 g/mol. The van der Waals surface area contributed by atoms with Crippen LogP contribution in [0.5, 0.6) is 5.88 Å². The van der Waals surface area contributed by atoms with Gasteiger partial charge in [0.15, 0.2) is 5.60 Å². The van der Waals surface area contributed by atoms with Crippen LogP contribution in [0, 0.1) is 19.3 Å². The van der Waals surface area contributed by atoms with Gasteiger partial charge in [-0.2, -0.15) is 0 Å². The standard InChI is InChI=1S/C11H15N3O/c1-6-11(3,4)15-10-8(2)9(12-5)13-7-14-10/h1,7H,2-5H3,(H,12,13,14). The molecule has 0 amide bonds. The van der Waals surface area contributed by atoms with Crippen molar-refractivity contribution in [2.45, 2.75) is 26.4 Å². The number of aromatic nitrogens is 2. The van der Waals surface area contributed by atoms with E-state index in [0.717, 1.165) is 11.4 Å². The molecule has 0 aliphatic rings. The van der Waals surface area contributed by atoms with Crippen LogP contribution in [-0.4, -0.2) is 22.6 Å². The smallest absolute Gasteiger partial charge is 0.223 e. The normalized spacial score (nSPS) is 10.6. The lowest BCUT2D eigenvalue weighted by atomic mass is 10.1. The molecule has 0 saturated heterocycles. The largest absolute Gasteiger partial charge is 0.458 e. The van der Waals surface area contributed by atoms with Gasteiger partial charge in [-0.3, -0.25) is 0 Å². The topological polar surface area (TPSA) is 47.0 Å². The van der Waals surface area contributed by atoms with Crippen LogP contribution in [0.4, 0.5) is 5.82 Å². The highest BCUT2D eigenvalue weighted by atomic mass is 16.5. The second-order valence-corrected chi connectivity index (χ2v) is 3.66. The lowest BCUT2D eigenvalue weighted by Crippen LogP contribution is -2.26. The Labute approximate surface area is 90.1 Å². The zero-order chi connectivity index (χ0) is 11.5. The Hall–Kier alpha value is -1.76. The molecule has 1 aromatic rings. The van der Waals surface area contributed by atoms with Crippen LogP contribution in [0.1, 0.15) is 19.4 Å². The quantitative estimate of drug-likeness (QED) is 0.762. The van der Waals surface area contributed by atoms with Crippen LogP contribution < -0.4 is 10.1 Å². The van der Waals surface area contributed by atoms with Crippen molar-refractivity contribution in [3.05, 3.63) is 11.9 Å². The van der Waals surface area contributed by atoms with E-state index < -0.39 is 5.60 Å². The van der Waals surface area contributed by atoms with E-state index in [0.29, 0.717) is 5.88 Å². The number of nitrogens with zero attached hydrogens (tertiary/aromatic N) is 2. The van der Waals surface area contributed by atoms with Crippen LogP contribution in [-0.2, 0) is 0 Å². The fourth-order valence-electron chi connectivity index (χ4n) is 1.06. The van der Waals surface area contributed by atoms with E-state index in [9.17, 15) is 0 Å². The molecule has 1 aromatic heterocycles. The second-order valence-electron chi connectivity index (χ2n) is 3.66. The summed E-state index contributed by atoms with van der Waals surface area (Å²) in [6.07, 6.45) is 6.79. The summed E-state index contributed by atoms with van der Waals surface area (Å²) in [5, 5.41) is 2.96. The molecular formula is C11H15N3O. The summed E-state index contributed by atoms with van der Waals surface area (Å²) >= 11 is 0. The predicted octanol–water partition coefficient (Wildman–Crippen LogP) is 1.62. The summed E-state index contributed by atoms with van der Waals surface area (Å²) < 4.78 is 5.60. The molecule has 0 aliphatic heterocycles. The molecule has 0 atom stereocenters. The molecule has 4 nitrogen and oxygen atoms in total. The molecule has 0 aliphatic carbocycles. The SMILES string of the molecule is C#CC(C)(C)Oc1ncnc(NC)c1C. The first-order valence-corrected chi connectivity index (χ1v) is 4.66. The Morgan fingerprint density at radius 1 is 1.47 bits per heavy atom. The molecule has 0 unspecified atom stereocenters. The third-order valence-corrected chi connectivity index (χ3v) is 1.97. The Morgan fingerprint density at radius 3 is 2.67 bits per heavy atom. The van der Waals surface area contributed by atoms with Crippen molar-refractivity contribution >= 4 is 5.82 Å². The van der Waals surface area contributed by atoms with E-state index in [2.05, 4.69) is 21.2 Å². The number of ether oxygens (including phenoxy) is 1. The Morgan fingerprint density at radius 2 is 2.13 bits per heavy atom. The van der Waals surface area contributed by atoms with Crippen LogP contribution in [0.15, 0.2) is 6.33 Å². The molecule has 4 heteroatoms. The highest BCUT2D eigenvalue weighted by Crippen LogP contribution is 2.23. The molecule has 0 spiro atoms. The Kier molecular flexibility index (Phi) is 3.15. The van der Waals surface area contributed by atoms with Gasteiger partial charge in [0.25, 0.3) is 0 Å². The number of terminal acetylenes is 1. The van der Waals surface area contributed by atoms with Gasteiger partial charge in [-0.25, -0.2) is 9.97 Å². The van der Waals surface area contributed by atoms with Gasteiger partial charge in [-0.05, 0) is 20.8 Å². The number of nitrogens with one attached hydrogen (secondary N) is 1. The average molecular weight is 205 g/mol. The van der Waals surface area contributed by atoms with Gasteiger partial charge in [-0.1, -0.05) is 5.92 Å². The van der Waals surface area contributed by atoms with Crippen molar-refractivity contribution in [2.24, 2.45) is 0 Å². The zero-order valence-corrected chi connectivity index (χ0v) is 9.46. The number of rotatable bonds is 3. The second kappa shape index (κ2) is 4.18. The number of hydrogen-bond donors (Lipinski definition) is 1. The molecular weight excluding hydrogens is 190 g/mol. The van der Waals surface area contributed by atoms with Crippen LogP contribution in [0.2, 0.25) is 0 Å². The van der Waals surface area contributed by atoms with Gasteiger partial charge in [0.1, 0.15) is 12.1 Å². The highest BCUT2D eigenvalue weighted by Gasteiger charge is 2.18. The minimum atomic E-state index is -0.663. The molecule has 0 fully saturated rings. The van der Waals surface area contributed by atoms with Gasteiger partial charge in [0.05, 0.1) is 5.56 Å². The van der Waals surface area contributed by atoms with E-state index in [1.807, 2.05) is 20.8 Å². The van der Waals surface area contributed by atoms with Crippen LogP contribution >= 0.6 is 0 Å². The van der Waals surface area contributed by atoms with Crippen LogP contribution in [0.3, 0.4) is 0 Å². The van der Waals surface area contributed by atoms with Gasteiger partial charge in [-0.15, -0.1) is 6.42 Å². The summed E-state index contributed by atoms with van der Waals surface area (Å²) in [7, 11) is 1.80. The van der Waals surface area contributed by atoms with Crippen molar-refractivity contribution in [1.82, 2.24) is 9.97 Å². The van der Waals surface area contributed by atoms with Gasteiger partial charge < -0.3 is 10.1 Å². The average Bonchev–Trinajstić information content (AvgIpc) is 2.21. The Balaban J connectivity index is 3.02. The van der Waals surface area contributed by atoms with E-state index in [1.165, 1.54) is 6.33 Å². The maximum Gasteiger partial charge on any atom is 0.223 e. The van der Waals surface area contributed by atoms with Crippen molar-refractivity contribution in [1.29, 1.82) is 0 Å². The molecule has 1 heterocycles. The molecule has 0 saturated carbocycles. The first-order valence-electron chi connectivity index (χ1n) is 4.66. The fraction of sp³-hybridized carbons (Fsp3) is 0.455. The third kappa shape index (κ3) is 2.59. The molecule has 1 N–H and O–H groups in total. The molecule has 0 aromatic carbocycles. The third-order valence-electron chi connectivity index (χ3n) is 1.97. The minimum Gasteiger partial charge on any atom is -0.458 e. The lowest BCUT2D eigenvalue weighted by molar-refractivity contribution is 0.163. The van der Waals surface area contributed by atoms with Gasteiger partial charge in [0.2, 0.25) is 5.88 Å². The summed E-state index contributed by atoms with van der Waals surface area (Å²) in [6.45, 7) is 5.51. The molecule has 15 heavy (non-hydrogen) atoms. The molecule has 0 radical (unpaired) electrons. The molecule has 0 bridgehead atoms. The zero-order valence-electron chi connectivity index (χ0n) is 9.46. The first kappa shape index (κ1) is 11.3. The highest BCUT2D eigenvalue weighted by molar-refractivity contribution is 5.47. The molecule has 80 valence electrons. The van der Waals surface area contributed by atoms with Crippen molar-refractivity contribution in [2.75, 3.05) is 12.4 Å². The minimum absolute atomic E-state index is 0.511. The van der Waals surface area contributed by atoms with Gasteiger partial charge in [0, 0.05) is 7.05 Å². The van der Waals surface area contributed by atoms with Crippen molar-refractivity contribution in [3.63, 3.8) is 0 Å². The maximum atomic E-state index is 5.60. The summed E-state index contributed by atoms with van der Waals surface area (Å²) in [6, 6.07) is 0. The lowest BCUT2D eigenvalue weighted by Gasteiger charge is -2.20. The summed E-state index contributed by atoms with van der Waals surface area (Å²) in [5.41, 5.74) is 0.188. The summed E-state index contributed by atoms with van der Waals surface area (Å²) in [4.78, 5) is 8.11. The maximum absolute atomic E-state index is 5.60.